The van der Waals surface area contributed by atoms with Gasteiger partial charge in [0.05, 0.1) is 0 Å². The first kappa shape index (κ1) is 16.8. The topological polar surface area (TPSA) is 34.1 Å². The summed E-state index contributed by atoms with van der Waals surface area (Å²) in [6.07, 6.45) is 0. The largest absolute Gasteiger partial charge is 0.298 e. The molecular formula is C23H20O2. The van der Waals surface area contributed by atoms with Crippen molar-refractivity contribution in [1.29, 1.82) is 0 Å². The highest BCUT2D eigenvalue weighted by atomic mass is 16.1. The molecule has 0 aromatic heterocycles. The predicted octanol–water partition coefficient (Wildman–Crippen LogP) is 4.81. The first-order valence-corrected chi connectivity index (χ1v) is 8.31. The van der Waals surface area contributed by atoms with Gasteiger partial charge < -0.3 is 0 Å². The molecule has 0 saturated heterocycles. The fourth-order valence-corrected chi connectivity index (χ4v) is 3.57. The molecule has 25 heavy (non-hydrogen) atoms. The molecule has 0 radical (unpaired) electrons. The minimum Gasteiger partial charge on any atom is -0.298 e. The van der Waals surface area contributed by atoms with Crippen molar-refractivity contribution in [3.8, 4) is 0 Å². The second-order valence-corrected chi connectivity index (χ2v) is 6.14. The second kappa shape index (κ2) is 6.86. The van der Waals surface area contributed by atoms with E-state index in [0.717, 1.165) is 16.7 Å². The fraction of sp³-hybridized carbons (Fsp3) is 0.130. The Morgan fingerprint density at radius 1 is 0.640 bits per heavy atom. The summed E-state index contributed by atoms with van der Waals surface area (Å²) in [6, 6.07) is 26.7. The molecule has 0 bridgehead atoms. The van der Waals surface area contributed by atoms with Gasteiger partial charge in [-0.05, 0) is 30.5 Å². The highest BCUT2D eigenvalue weighted by molar-refractivity contribution is 6.02. The van der Waals surface area contributed by atoms with E-state index < -0.39 is 5.41 Å². The molecule has 3 aromatic carbocycles. The Morgan fingerprint density at radius 2 is 1.08 bits per heavy atom. The van der Waals surface area contributed by atoms with Gasteiger partial charge in [0, 0.05) is 5.56 Å². The van der Waals surface area contributed by atoms with E-state index in [1.54, 1.807) is 19.9 Å². The highest BCUT2D eigenvalue weighted by Crippen LogP contribution is 2.41. The maximum atomic E-state index is 13.1. The average molecular weight is 328 g/mol. The summed E-state index contributed by atoms with van der Waals surface area (Å²) in [6.45, 7) is 3.14. The molecule has 0 aliphatic heterocycles. The number of Topliss-reactive ketones (excluding diaryl/α,β-unsaturated/α-hetero) is 2. The van der Waals surface area contributed by atoms with E-state index in [9.17, 15) is 9.59 Å². The second-order valence-electron chi connectivity index (χ2n) is 6.14. The summed E-state index contributed by atoms with van der Waals surface area (Å²) in [5.74, 6) is -0.0633. The number of carbonyl (C=O) groups excluding carboxylic acids is 2. The van der Waals surface area contributed by atoms with E-state index in [4.69, 9.17) is 0 Å². The third-order valence-corrected chi connectivity index (χ3v) is 4.65. The van der Waals surface area contributed by atoms with Crippen molar-refractivity contribution in [1.82, 2.24) is 0 Å². The van der Waals surface area contributed by atoms with Gasteiger partial charge in [-0.3, -0.25) is 9.59 Å². The van der Waals surface area contributed by atoms with Crippen molar-refractivity contribution < 1.29 is 9.59 Å². The Kier molecular flexibility index (Phi) is 4.62. The third kappa shape index (κ3) is 2.80. The van der Waals surface area contributed by atoms with Gasteiger partial charge in [-0.15, -0.1) is 0 Å². The lowest BCUT2D eigenvalue weighted by molar-refractivity contribution is -0.119. The smallest absolute Gasteiger partial charge is 0.160 e. The van der Waals surface area contributed by atoms with Gasteiger partial charge in [0.15, 0.2) is 5.78 Å². The maximum absolute atomic E-state index is 13.1. The molecule has 0 fully saturated rings. The van der Waals surface area contributed by atoms with Gasteiger partial charge in [0.1, 0.15) is 11.2 Å². The third-order valence-electron chi connectivity index (χ3n) is 4.65. The molecule has 0 N–H and O–H groups in total. The lowest BCUT2D eigenvalue weighted by Gasteiger charge is -2.34. The van der Waals surface area contributed by atoms with Crippen LogP contribution in [0.5, 0.6) is 0 Å². The number of hydrogen-bond acceptors (Lipinski definition) is 2. The summed E-state index contributed by atoms with van der Waals surface area (Å²) in [4.78, 5) is 25.4. The first-order chi connectivity index (χ1) is 12.1. The number of benzene rings is 3. The zero-order chi connectivity index (χ0) is 17.9. The first-order valence-electron chi connectivity index (χ1n) is 8.31. The number of hydrogen-bond donors (Lipinski definition) is 0. The molecule has 0 unspecified atom stereocenters. The predicted molar refractivity (Wildman–Crippen MR) is 99.9 cm³/mol. The fourth-order valence-electron chi connectivity index (χ4n) is 3.57. The molecule has 124 valence electrons. The van der Waals surface area contributed by atoms with Crippen LogP contribution in [0.15, 0.2) is 84.9 Å². The van der Waals surface area contributed by atoms with Crippen LogP contribution in [0.2, 0.25) is 0 Å². The van der Waals surface area contributed by atoms with E-state index in [2.05, 4.69) is 0 Å². The van der Waals surface area contributed by atoms with Crippen molar-refractivity contribution in [3.05, 3.63) is 107 Å². The molecule has 3 aromatic rings. The van der Waals surface area contributed by atoms with Gasteiger partial charge in [-0.2, -0.15) is 0 Å². The average Bonchev–Trinajstić information content (AvgIpc) is 2.64. The molecule has 2 nitrogen and oxygen atoms in total. The zero-order valence-electron chi connectivity index (χ0n) is 14.4. The van der Waals surface area contributed by atoms with E-state index in [1.165, 1.54) is 0 Å². The van der Waals surface area contributed by atoms with Crippen molar-refractivity contribution in [3.63, 3.8) is 0 Å². The van der Waals surface area contributed by atoms with Crippen LogP contribution in [-0.4, -0.2) is 11.6 Å². The van der Waals surface area contributed by atoms with E-state index in [1.807, 2.05) is 78.9 Å². The highest BCUT2D eigenvalue weighted by Gasteiger charge is 2.42. The number of rotatable bonds is 5. The van der Waals surface area contributed by atoms with E-state index in [-0.39, 0.29) is 11.6 Å². The summed E-state index contributed by atoms with van der Waals surface area (Å²) in [5, 5.41) is 0. The Morgan fingerprint density at radius 3 is 1.52 bits per heavy atom. The summed E-state index contributed by atoms with van der Waals surface area (Å²) in [7, 11) is 0. The minimum absolute atomic E-state index is 0.0152. The number of ketones is 2. The Balaban J connectivity index is 2.46. The molecule has 0 atom stereocenters. The molecule has 0 aliphatic carbocycles. The van der Waals surface area contributed by atoms with Gasteiger partial charge in [0.25, 0.3) is 0 Å². The molecule has 3 rings (SSSR count). The Labute approximate surface area is 148 Å². The summed E-state index contributed by atoms with van der Waals surface area (Å²) >= 11 is 0. The van der Waals surface area contributed by atoms with Gasteiger partial charge in [-0.1, -0.05) is 84.9 Å². The van der Waals surface area contributed by atoms with Crippen LogP contribution in [0.25, 0.3) is 0 Å². The van der Waals surface area contributed by atoms with Crippen molar-refractivity contribution in [2.45, 2.75) is 19.3 Å². The zero-order valence-corrected chi connectivity index (χ0v) is 14.4. The Bertz CT molecular complexity index is 856. The van der Waals surface area contributed by atoms with Crippen LogP contribution in [-0.2, 0) is 10.2 Å². The van der Waals surface area contributed by atoms with Gasteiger partial charge >= 0.3 is 0 Å². The van der Waals surface area contributed by atoms with Crippen molar-refractivity contribution in [2.75, 3.05) is 0 Å². The van der Waals surface area contributed by atoms with Crippen molar-refractivity contribution >= 4 is 11.6 Å². The van der Waals surface area contributed by atoms with E-state index in [0.29, 0.717) is 5.56 Å². The molecule has 0 saturated carbocycles. The van der Waals surface area contributed by atoms with Crippen LogP contribution in [0.4, 0.5) is 0 Å². The standard InChI is InChI=1S/C23H20O2/c1-17(24)21-15-9-10-16-22(21)23(18(2)25,19-11-5-3-6-12-19)20-13-7-4-8-14-20/h3-16H,1-2H3. The lowest BCUT2D eigenvalue weighted by atomic mass is 9.65. The molecule has 0 aliphatic rings. The van der Waals surface area contributed by atoms with Crippen LogP contribution in [0, 0.1) is 0 Å². The van der Waals surface area contributed by atoms with Crippen LogP contribution in [0.1, 0.15) is 40.9 Å². The van der Waals surface area contributed by atoms with Crippen molar-refractivity contribution in [2.24, 2.45) is 0 Å². The maximum Gasteiger partial charge on any atom is 0.160 e. The summed E-state index contributed by atoms with van der Waals surface area (Å²) in [5.41, 5.74) is 2.02. The summed E-state index contributed by atoms with van der Waals surface area (Å²) < 4.78 is 0. The molecule has 0 heterocycles. The SMILES string of the molecule is CC(=O)c1ccccc1C(C(C)=O)(c1ccccc1)c1ccccc1. The van der Waals surface area contributed by atoms with Gasteiger partial charge in [0.2, 0.25) is 0 Å². The molecular weight excluding hydrogens is 308 g/mol. The molecule has 0 amide bonds. The normalized spacial score (nSPS) is 11.1. The van der Waals surface area contributed by atoms with Gasteiger partial charge in [-0.25, -0.2) is 0 Å². The monoisotopic (exact) mass is 328 g/mol. The van der Waals surface area contributed by atoms with Crippen LogP contribution >= 0.6 is 0 Å². The van der Waals surface area contributed by atoms with Crippen LogP contribution < -0.4 is 0 Å². The van der Waals surface area contributed by atoms with Crippen LogP contribution in [0.3, 0.4) is 0 Å². The lowest BCUT2D eigenvalue weighted by Crippen LogP contribution is -2.38. The van der Waals surface area contributed by atoms with E-state index >= 15 is 0 Å². The minimum atomic E-state index is -1.01. The number of carbonyl (C=O) groups is 2. The molecule has 2 heteroatoms. The quantitative estimate of drug-likeness (QED) is 0.497. The molecule has 0 spiro atoms. The Hall–Kier alpha value is -3.00.